The first-order chi connectivity index (χ1) is 14.0. The molecule has 1 aromatic rings. The maximum atomic E-state index is 12.7. The van der Waals surface area contributed by atoms with Crippen LogP contribution in [0.2, 0.25) is 0 Å². The van der Waals surface area contributed by atoms with Crippen LogP contribution in [0.15, 0.2) is 23.2 Å². The van der Waals surface area contributed by atoms with Crippen molar-refractivity contribution in [3.8, 4) is 0 Å². The molecule has 6 heteroatoms. The molecule has 29 heavy (non-hydrogen) atoms. The summed E-state index contributed by atoms with van der Waals surface area (Å²) in [6, 6.07) is 7.13. The number of carbonyl (C=O) groups is 1. The number of guanidine groups is 1. The molecule has 0 radical (unpaired) electrons. The van der Waals surface area contributed by atoms with Crippen molar-refractivity contribution in [3.63, 3.8) is 0 Å². The molecule has 2 N–H and O–H groups in total. The summed E-state index contributed by atoms with van der Waals surface area (Å²) >= 11 is 1.95. The highest BCUT2D eigenvalue weighted by Crippen LogP contribution is 2.27. The van der Waals surface area contributed by atoms with Gasteiger partial charge in [0.15, 0.2) is 5.96 Å². The number of amides is 1. The average molecular weight is 417 g/mol. The largest absolute Gasteiger partial charge is 0.356 e. The van der Waals surface area contributed by atoms with E-state index in [9.17, 15) is 4.79 Å². The molecular weight excluding hydrogens is 380 g/mol. The third kappa shape index (κ3) is 6.66. The minimum Gasteiger partial charge on any atom is -0.356 e. The van der Waals surface area contributed by atoms with Gasteiger partial charge in [0.1, 0.15) is 0 Å². The van der Waals surface area contributed by atoms with E-state index < -0.39 is 0 Å². The lowest BCUT2D eigenvalue weighted by atomic mass is 9.85. The van der Waals surface area contributed by atoms with Gasteiger partial charge in [-0.25, -0.2) is 0 Å². The number of thioether (sulfide) groups is 1. The molecule has 160 valence electrons. The van der Waals surface area contributed by atoms with Gasteiger partial charge >= 0.3 is 0 Å². The molecule has 0 unspecified atom stereocenters. The van der Waals surface area contributed by atoms with E-state index in [-0.39, 0.29) is 5.92 Å². The number of hydrogen-bond acceptors (Lipinski definition) is 3. The zero-order valence-corrected chi connectivity index (χ0v) is 19.0. The summed E-state index contributed by atoms with van der Waals surface area (Å²) in [7, 11) is 1.83. The Labute approximate surface area is 180 Å². The maximum absolute atomic E-state index is 12.7. The second kappa shape index (κ2) is 10.9. The second-order valence-corrected chi connectivity index (χ2v) is 9.60. The standard InChI is InChI=1S/C23H36N4OS/c1-17-14-18(2)16-19(15-17)8-9-25-23(24-3)26-21-6-4-20(5-7-21)22(28)27-10-12-29-13-11-27/h14-16,20-21H,4-13H2,1-3H3,(H2,24,25,26). The number of carbonyl (C=O) groups excluding carboxylic acids is 1. The number of aliphatic imine (C=N–C) groups is 1. The van der Waals surface area contributed by atoms with Crippen LogP contribution in [-0.2, 0) is 11.2 Å². The van der Waals surface area contributed by atoms with Gasteiger partial charge < -0.3 is 15.5 Å². The molecule has 1 aromatic carbocycles. The first-order valence-corrected chi connectivity index (χ1v) is 12.1. The number of hydrogen-bond donors (Lipinski definition) is 2. The molecule has 1 aliphatic heterocycles. The summed E-state index contributed by atoms with van der Waals surface area (Å²) in [5.74, 6) is 3.66. The van der Waals surface area contributed by atoms with Gasteiger partial charge in [0, 0.05) is 50.1 Å². The van der Waals surface area contributed by atoms with Crippen molar-refractivity contribution < 1.29 is 4.79 Å². The highest BCUT2D eigenvalue weighted by atomic mass is 32.2. The predicted octanol–water partition coefficient (Wildman–Crippen LogP) is 3.15. The Morgan fingerprint density at radius 1 is 1.10 bits per heavy atom. The minimum absolute atomic E-state index is 0.218. The average Bonchev–Trinajstić information content (AvgIpc) is 2.73. The van der Waals surface area contributed by atoms with Crippen LogP contribution in [0, 0.1) is 19.8 Å². The zero-order valence-electron chi connectivity index (χ0n) is 18.2. The van der Waals surface area contributed by atoms with E-state index in [1.165, 1.54) is 16.7 Å². The Morgan fingerprint density at radius 2 is 1.76 bits per heavy atom. The quantitative estimate of drug-likeness (QED) is 0.572. The topological polar surface area (TPSA) is 56.7 Å². The molecular formula is C23H36N4OS. The van der Waals surface area contributed by atoms with Crippen molar-refractivity contribution >= 4 is 23.6 Å². The van der Waals surface area contributed by atoms with E-state index in [0.29, 0.717) is 11.9 Å². The monoisotopic (exact) mass is 416 g/mol. The summed E-state index contributed by atoms with van der Waals surface area (Å²) in [5.41, 5.74) is 4.00. The number of aryl methyl sites for hydroxylation is 2. The molecule has 2 fully saturated rings. The van der Waals surface area contributed by atoms with Crippen molar-refractivity contribution in [2.45, 2.75) is 52.0 Å². The van der Waals surface area contributed by atoms with E-state index in [4.69, 9.17) is 0 Å². The normalized spacial score (nSPS) is 23.0. The molecule has 5 nitrogen and oxygen atoms in total. The van der Waals surface area contributed by atoms with Crippen molar-refractivity contribution in [1.82, 2.24) is 15.5 Å². The van der Waals surface area contributed by atoms with Crippen molar-refractivity contribution in [3.05, 3.63) is 34.9 Å². The SMILES string of the molecule is CN=C(NCCc1cc(C)cc(C)c1)NC1CCC(C(=O)N2CCSCC2)CC1. The van der Waals surface area contributed by atoms with Gasteiger partial charge in [0.2, 0.25) is 5.91 Å². The number of rotatable bonds is 5. The second-order valence-electron chi connectivity index (χ2n) is 8.38. The van der Waals surface area contributed by atoms with Gasteiger partial charge in [-0.2, -0.15) is 11.8 Å². The van der Waals surface area contributed by atoms with Crippen LogP contribution >= 0.6 is 11.8 Å². The summed E-state index contributed by atoms with van der Waals surface area (Å²) in [5, 5.41) is 7.02. The smallest absolute Gasteiger partial charge is 0.225 e. The van der Waals surface area contributed by atoms with E-state index >= 15 is 0 Å². The lowest BCUT2D eigenvalue weighted by molar-refractivity contribution is -0.136. The van der Waals surface area contributed by atoms with Gasteiger partial charge in [-0.15, -0.1) is 0 Å². The Bertz CT molecular complexity index is 687. The van der Waals surface area contributed by atoms with Crippen LogP contribution in [0.4, 0.5) is 0 Å². The van der Waals surface area contributed by atoms with Crippen molar-refractivity contribution in [1.29, 1.82) is 0 Å². The Morgan fingerprint density at radius 3 is 2.38 bits per heavy atom. The van der Waals surface area contributed by atoms with Crippen molar-refractivity contribution in [2.75, 3.05) is 38.2 Å². The molecule has 0 bridgehead atoms. The number of benzene rings is 1. The fourth-order valence-corrected chi connectivity index (χ4v) is 5.36. The minimum atomic E-state index is 0.218. The van der Waals surface area contributed by atoms with Gasteiger partial charge in [-0.1, -0.05) is 29.3 Å². The fraction of sp³-hybridized carbons (Fsp3) is 0.652. The van der Waals surface area contributed by atoms with Gasteiger partial charge in [-0.3, -0.25) is 9.79 Å². The first-order valence-electron chi connectivity index (χ1n) is 11.0. The summed E-state index contributed by atoms with van der Waals surface area (Å²) < 4.78 is 0. The lowest BCUT2D eigenvalue weighted by Gasteiger charge is -2.34. The molecule has 1 amide bonds. The lowest BCUT2D eigenvalue weighted by Crippen LogP contribution is -2.47. The van der Waals surface area contributed by atoms with Crippen LogP contribution < -0.4 is 10.6 Å². The van der Waals surface area contributed by atoms with Crippen LogP contribution in [-0.4, -0.2) is 61.0 Å². The van der Waals surface area contributed by atoms with E-state index in [2.05, 4.69) is 52.6 Å². The molecule has 1 saturated heterocycles. The molecule has 0 aromatic heterocycles. The molecule has 1 saturated carbocycles. The molecule has 0 atom stereocenters. The van der Waals surface area contributed by atoms with E-state index in [1.807, 2.05) is 18.8 Å². The number of nitrogens with one attached hydrogen (secondary N) is 2. The van der Waals surface area contributed by atoms with E-state index in [0.717, 1.165) is 69.2 Å². The summed E-state index contributed by atoms with van der Waals surface area (Å²) in [6.45, 7) is 7.02. The molecule has 3 rings (SSSR count). The van der Waals surface area contributed by atoms with Crippen LogP contribution in [0.3, 0.4) is 0 Å². The Hall–Kier alpha value is -1.69. The van der Waals surface area contributed by atoms with Gasteiger partial charge in [0.05, 0.1) is 0 Å². The van der Waals surface area contributed by atoms with Crippen LogP contribution in [0.1, 0.15) is 42.4 Å². The van der Waals surface area contributed by atoms with Gasteiger partial charge in [0.25, 0.3) is 0 Å². The van der Waals surface area contributed by atoms with Crippen molar-refractivity contribution in [2.24, 2.45) is 10.9 Å². The molecule has 1 aliphatic carbocycles. The zero-order chi connectivity index (χ0) is 20.6. The predicted molar refractivity (Wildman–Crippen MR) is 124 cm³/mol. The third-order valence-electron chi connectivity index (χ3n) is 5.95. The van der Waals surface area contributed by atoms with Crippen LogP contribution in [0.5, 0.6) is 0 Å². The third-order valence-corrected chi connectivity index (χ3v) is 6.89. The highest BCUT2D eigenvalue weighted by Gasteiger charge is 2.30. The first kappa shape index (κ1) is 22.0. The maximum Gasteiger partial charge on any atom is 0.225 e. The Balaban J connectivity index is 1.39. The van der Waals surface area contributed by atoms with Gasteiger partial charge in [-0.05, 0) is 51.5 Å². The molecule has 0 spiro atoms. The fourth-order valence-electron chi connectivity index (χ4n) is 4.45. The molecule has 2 aliphatic rings. The Kier molecular flexibility index (Phi) is 8.28. The van der Waals surface area contributed by atoms with E-state index in [1.54, 1.807) is 0 Å². The summed E-state index contributed by atoms with van der Waals surface area (Å²) in [4.78, 5) is 19.2. The molecule has 1 heterocycles. The van der Waals surface area contributed by atoms with Crippen LogP contribution in [0.25, 0.3) is 0 Å². The number of nitrogens with zero attached hydrogens (tertiary/aromatic N) is 2. The highest BCUT2D eigenvalue weighted by molar-refractivity contribution is 7.99. The summed E-state index contributed by atoms with van der Waals surface area (Å²) in [6.07, 6.45) is 5.03.